The highest BCUT2D eigenvalue weighted by Gasteiger charge is 2.46. The van der Waals surface area contributed by atoms with Crippen molar-refractivity contribution in [1.82, 2.24) is 0 Å². The standard InChI is InChI=1S/C28H32O8/c1-25(2)13-33-27(34-14-25)17-31-23(29)19-5-7-20(8-6-19)24(30)32-18-28(22-11-9-21(27)10-12-22)35-15-26(3,4)16-36-28/h5-12H,13-18H2,1-4H3. The predicted molar refractivity (Wildman–Crippen MR) is 128 cm³/mol. The second-order valence-corrected chi connectivity index (χ2v) is 11.3. The van der Waals surface area contributed by atoms with E-state index in [0.29, 0.717) is 48.7 Å². The molecule has 2 saturated heterocycles. The lowest BCUT2D eigenvalue weighted by molar-refractivity contribution is -0.321. The lowest BCUT2D eigenvalue weighted by Gasteiger charge is -2.44. The van der Waals surface area contributed by atoms with Crippen LogP contribution >= 0.6 is 0 Å². The molecule has 192 valence electrons. The minimum Gasteiger partial charge on any atom is -0.456 e. The Balaban J connectivity index is 1.55. The average molecular weight is 497 g/mol. The molecule has 36 heavy (non-hydrogen) atoms. The van der Waals surface area contributed by atoms with E-state index >= 15 is 0 Å². The summed E-state index contributed by atoms with van der Waals surface area (Å²) in [5.41, 5.74) is 1.65. The van der Waals surface area contributed by atoms with Crippen molar-refractivity contribution in [3.05, 3.63) is 70.8 Å². The van der Waals surface area contributed by atoms with E-state index in [1.807, 2.05) is 24.3 Å². The lowest BCUT2D eigenvalue weighted by Crippen LogP contribution is -2.49. The van der Waals surface area contributed by atoms with Crippen molar-refractivity contribution < 1.29 is 38.0 Å². The van der Waals surface area contributed by atoms with E-state index in [2.05, 4.69) is 27.7 Å². The van der Waals surface area contributed by atoms with Gasteiger partial charge in [0.05, 0.1) is 37.6 Å². The molecule has 8 nitrogen and oxygen atoms in total. The van der Waals surface area contributed by atoms with Crippen LogP contribution in [0.15, 0.2) is 48.5 Å². The molecule has 2 aromatic rings. The fraction of sp³-hybridized carbons (Fsp3) is 0.500. The number of carbonyl (C=O) groups is 2. The summed E-state index contributed by atoms with van der Waals surface area (Å²) in [5.74, 6) is -3.59. The Bertz CT molecular complexity index is 1020. The molecular formula is C28H32O8. The Morgan fingerprint density at radius 2 is 0.806 bits per heavy atom. The Morgan fingerprint density at radius 3 is 1.11 bits per heavy atom. The first-order chi connectivity index (χ1) is 17.0. The van der Waals surface area contributed by atoms with Crippen molar-refractivity contribution in [3.63, 3.8) is 0 Å². The molecular weight excluding hydrogens is 464 g/mol. The minimum atomic E-state index is -1.25. The highest BCUT2D eigenvalue weighted by atomic mass is 16.7. The highest BCUT2D eigenvalue weighted by molar-refractivity contribution is 5.93. The summed E-state index contributed by atoms with van der Waals surface area (Å²) in [6.45, 7) is 9.68. The molecule has 0 N–H and O–H groups in total. The van der Waals surface area contributed by atoms with E-state index in [1.165, 1.54) is 24.3 Å². The Labute approximate surface area is 210 Å². The van der Waals surface area contributed by atoms with Gasteiger partial charge in [0, 0.05) is 22.0 Å². The van der Waals surface area contributed by atoms with Gasteiger partial charge < -0.3 is 28.4 Å². The predicted octanol–water partition coefficient (Wildman–Crippen LogP) is 4.17. The van der Waals surface area contributed by atoms with Crippen molar-refractivity contribution in [1.29, 1.82) is 0 Å². The summed E-state index contributed by atoms with van der Waals surface area (Å²) in [4.78, 5) is 25.6. The first-order valence-corrected chi connectivity index (χ1v) is 12.1. The van der Waals surface area contributed by atoms with Crippen molar-refractivity contribution in [2.45, 2.75) is 39.3 Å². The number of hydrogen-bond acceptors (Lipinski definition) is 8. The normalized spacial score (nSPS) is 24.4. The summed E-state index contributed by atoms with van der Waals surface area (Å²) in [7, 11) is 0. The van der Waals surface area contributed by atoms with Crippen molar-refractivity contribution >= 4 is 11.9 Å². The Kier molecular flexibility index (Phi) is 6.19. The molecule has 0 amide bonds. The molecule has 0 saturated carbocycles. The number of benzene rings is 2. The van der Waals surface area contributed by atoms with E-state index in [1.54, 1.807) is 0 Å². The van der Waals surface area contributed by atoms with Gasteiger partial charge >= 0.3 is 11.9 Å². The van der Waals surface area contributed by atoms with Crippen molar-refractivity contribution in [2.24, 2.45) is 10.8 Å². The molecule has 0 radical (unpaired) electrons. The molecule has 8 heteroatoms. The van der Waals surface area contributed by atoms with Crippen LogP contribution in [0.25, 0.3) is 0 Å². The number of carbonyl (C=O) groups excluding carboxylic acids is 2. The number of esters is 2. The minimum absolute atomic E-state index is 0.128. The van der Waals surface area contributed by atoms with E-state index in [0.717, 1.165) is 0 Å². The molecule has 0 aliphatic carbocycles. The molecule has 0 aromatic heterocycles. The van der Waals surface area contributed by atoms with Crippen LogP contribution in [0.3, 0.4) is 0 Å². The van der Waals surface area contributed by atoms with Crippen LogP contribution in [0.1, 0.15) is 59.5 Å². The van der Waals surface area contributed by atoms with Crippen LogP contribution in [-0.4, -0.2) is 51.6 Å². The fourth-order valence-corrected chi connectivity index (χ4v) is 4.29. The van der Waals surface area contributed by atoms with Gasteiger partial charge in [-0.05, 0) is 24.3 Å². The number of rotatable bonds is 0. The molecule has 6 aliphatic heterocycles. The largest absolute Gasteiger partial charge is 0.456 e. The van der Waals surface area contributed by atoms with Gasteiger partial charge in [-0.1, -0.05) is 52.0 Å². The lowest BCUT2D eigenvalue weighted by atomic mass is 9.92. The van der Waals surface area contributed by atoms with Crippen molar-refractivity contribution in [2.75, 3.05) is 39.6 Å². The number of hydrogen-bond donors (Lipinski definition) is 0. The summed E-state index contributed by atoms with van der Waals surface area (Å²) >= 11 is 0. The van der Waals surface area contributed by atoms with Crippen LogP contribution in [0.4, 0.5) is 0 Å². The zero-order chi connectivity index (χ0) is 25.6. The molecule has 0 atom stereocenters. The number of ether oxygens (including phenoxy) is 6. The van der Waals surface area contributed by atoms with Gasteiger partial charge in [-0.25, -0.2) is 9.59 Å². The van der Waals surface area contributed by atoms with Gasteiger partial charge in [0.15, 0.2) is 13.2 Å². The first kappa shape index (κ1) is 24.9. The molecule has 2 aromatic carbocycles. The zero-order valence-corrected chi connectivity index (χ0v) is 21.1. The maximum atomic E-state index is 12.8. The maximum absolute atomic E-state index is 12.8. The molecule has 6 aliphatic rings. The first-order valence-electron chi connectivity index (χ1n) is 12.1. The highest BCUT2D eigenvalue weighted by Crippen LogP contribution is 2.40. The van der Waals surface area contributed by atoms with Crippen LogP contribution in [0.5, 0.6) is 0 Å². The summed E-state index contributed by atoms with van der Waals surface area (Å²) in [6, 6.07) is 13.5. The third kappa shape index (κ3) is 4.78. The van der Waals surface area contributed by atoms with Gasteiger partial charge in [-0.3, -0.25) is 0 Å². The Morgan fingerprint density at radius 1 is 0.500 bits per heavy atom. The van der Waals surface area contributed by atoms with Gasteiger partial charge in [-0.2, -0.15) is 0 Å². The molecule has 2 spiro atoms. The average Bonchev–Trinajstić information content (AvgIpc) is 2.87. The smallest absolute Gasteiger partial charge is 0.338 e. The molecule has 0 unspecified atom stereocenters. The molecule has 4 bridgehead atoms. The van der Waals surface area contributed by atoms with Gasteiger partial charge in [0.2, 0.25) is 11.6 Å². The van der Waals surface area contributed by atoms with Crippen LogP contribution in [0, 0.1) is 10.8 Å². The topological polar surface area (TPSA) is 89.5 Å². The molecule has 2 fully saturated rings. The van der Waals surface area contributed by atoms with Gasteiger partial charge in [0.25, 0.3) is 0 Å². The third-order valence-electron chi connectivity index (χ3n) is 6.69. The summed E-state index contributed by atoms with van der Waals surface area (Å²) < 4.78 is 36.2. The van der Waals surface area contributed by atoms with Crippen LogP contribution < -0.4 is 0 Å². The van der Waals surface area contributed by atoms with Crippen LogP contribution in [-0.2, 0) is 40.0 Å². The van der Waals surface area contributed by atoms with Crippen LogP contribution in [0.2, 0.25) is 0 Å². The third-order valence-corrected chi connectivity index (χ3v) is 6.69. The molecule has 8 rings (SSSR count). The quantitative estimate of drug-likeness (QED) is 0.502. The maximum Gasteiger partial charge on any atom is 0.338 e. The molecule has 6 heterocycles. The monoisotopic (exact) mass is 496 g/mol. The van der Waals surface area contributed by atoms with E-state index < -0.39 is 23.5 Å². The Hall–Kier alpha value is -2.78. The SMILES string of the molecule is CC1(C)COC2(COC(=O)c3ccc(cc3)C(=O)OCC3(OCC(C)(C)CO3)c3ccc2cc3)OC1. The van der Waals surface area contributed by atoms with Gasteiger partial charge in [-0.15, -0.1) is 0 Å². The zero-order valence-electron chi connectivity index (χ0n) is 21.1. The van der Waals surface area contributed by atoms with E-state index in [-0.39, 0.29) is 24.0 Å². The summed E-state index contributed by atoms with van der Waals surface area (Å²) in [6.07, 6.45) is 0. The second kappa shape index (κ2) is 8.95. The van der Waals surface area contributed by atoms with E-state index in [9.17, 15) is 9.59 Å². The van der Waals surface area contributed by atoms with Crippen molar-refractivity contribution in [3.8, 4) is 0 Å². The second-order valence-electron chi connectivity index (χ2n) is 11.3. The summed E-state index contributed by atoms with van der Waals surface area (Å²) in [5, 5.41) is 0. The van der Waals surface area contributed by atoms with E-state index in [4.69, 9.17) is 28.4 Å². The fourth-order valence-electron chi connectivity index (χ4n) is 4.29. The van der Waals surface area contributed by atoms with Gasteiger partial charge in [0.1, 0.15) is 0 Å².